The van der Waals surface area contributed by atoms with Crippen LogP contribution in [-0.2, 0) is 0 Å². The molecule has 0 unspecified atom stereocenters. The fourth-order valence-electron chi connectivity index (χ4n) is 2.61. The molecule has 1 aliphatic carbocycles. The van der Waals surface area contributed by atoms with Gasteiger partial charge in [0.25, 0.3) is 0 Å². The van der Waals surface area contributed by atoms with Gasteiger partial charge in [0.2, 0.25) is 0 Å². The lowest BCUT2D eigenvalue weighted by Crippen LogP contribution is -2.16. The molecule has 0 saturated heterocycles. The molecule has 0 amide bonds. The van der Waals surface area contributed by atoms with Crippen LogP contribution in [0.1, 0.15) is 33.2 Å². The molecule has 2 aromatic carbocycles. The molecule has 0 bridgehead atoms. The summed E-state index contributed by atoms with van der Waals surface area (Å²) in [7, 11) is 0. The Morgan fingerprint density at radius 1 is 0.850 bits per heavy atom. The van der Waals surface area contributed by atoms with Gasteiger partial charge in [-0.3, -0.25) is 9.59 Å². The van der Waals surface area contributed by atoms with Crippen molar-refractivity contribution in [3.05, 3.63) is 70.8 Å². The first-order chi connectivity index (χ1) is 9.58. The minimum absolute atomic E-state index is 0.0610. The molecule has 0 spiro atoms. The van der Waals surface area contributed by atoms with Crippen LogP contribution in [0.25, 0.3) is 11.1 Å². The third-order valence-electron chi connectivity index (χ3n) is 3.59. The number of rotatable bonds is 1. The first kappa shape index (κ1) is 12.5. The zero-order valence-corrected chi connectivity index (χ0v) is 11.4. The summed E-state index contributed by atoms with van der Waals surface area (Å²) in [5.41, 5.74) is 4.46. The fraction of sp³-hybridized carbons (Fsp3) is 0.111. The largest absolute Gasteiger partial charge is 0.289 e. The highest BCUT2D eigenvalue weighted by atomic mass is 16.1. The van der Waals surface area contributed by atoms with Gasteiger partial charge in [0.05, 0.1) is 0 Å². The first-order valence-corrected chi connectivity index (χ1v) is 6.55. The predicted octanol–water partition coefficient (Wildman–Crippen LogP) is 3.99. The molecule has 0 heterocycles. The summed E-state index contributed by atoms with van der Waals surface area (Å²) in [5, 5.41) is 0. The number of benzene rings is 2. The van der Waals surface area contributed by atoms with E-state index in [1.807, 2.05) is 43.3 Å². The number of carbonyl (C=O) groups is 2. The zero-order valence-electron chi connectivity index (χ0n) is 11.4. The van der Waals surface area contributed by atoms with Gasteiger partial charge in [-0.05, 0) is 31.1 Å². The smallest absolute Gasteiger partial charge is 0.189 e. The second kappa shape index (κ2) is 4.57. The van der Waals surface area contributed by atoms with Crippen LogP contribution < -0.4 is 0 Å². The molecule has 0 N–H and O–H groups in total. The highest BCUT2D eigenvalue weighted by Crippen LogP contribution is 2.31. The third-order valence-corrected chi connectivity index (χ3v) is 3.59. The van der Waals surface area contributed by atoms with Gasteiger partial charge in [-0.15, -0.1) is 0 Å². The number of allylic oxidation sites excluding steroid dienone is 2. The van der Waals surface area contributed by atoms with E-state index in [0.29, 0.717) is 16.7 Å². The van der Waals surface area contributed by atoms with Gasteiger partial charge in [0.15, 0.2) is 11.6 Å². The molecule has 0 saturated carbocycles. The van der Waals surface area contributed by atoms with Crippen LogP contribution in [0.5, 0.6) is 0 Å². The standard InChI is InChI=1S/C18H14O2/c1-11-5-3-6-13(9-11)14-7-4-8-15-17(14)16(19)10-12(2)18(15)20/h3-10H,1-2H3. The van der Waals surface area contributed by atoms with Crippen LogP contribution in [-0.4, -0.2) is 11.6 Å². The summed E-state index contributed by atoms with van der Waals surface area (Å²) in [4.78, 5) is 24.5. The van der Waals surface area contributed by atoms with Crippen molar-refractivity contribution in [2.45, 2.75) is 13.8 Å². The minimum atomic E-state index is -0.0887. The monoisotopic (exact) mass is 262 g/mol. The second-order valence-electron chi connectivity index (χ2n) is 5.12. The third kappa shape index (κ3) is 1.90. The van der Waals surface area contributed by atoms with E-state index in [1.54, 1.807) is 13.0 Å². The van der Waals surface area contributed by atoms with Crippen molar-refractivity contribution in [1.82, 2.24) is 0 Å². The molecule has 0 aliphatic heterocycles. The molecule has 98 valence electrons. The first-order valence-electron chi connectivity index (χ1n) is 6.55. The molecule has 0 atom stereocenters. The molecule has 2 aromatic rings. The van der Waals surface area contributed by atoms with E-state index < -0.39 is 0 Å². The van der Waals surface area contributed by atoms with Crippen LogP contribution in [0.15, 0.2) is 54.1 Å². The summed E-state index contributed by atoms with van der Waals surface area (Å²) in [5.74, 6) is -0.150. The zero-order chi connectivity index (χ0) is 14.3. The Labute approximate surface area is 117 Å². The Morgan fingerprint density at radius 2 is 1.55 bits per heavy atom. The van der Waals surface area contributed by atoms with Crippen molar-refractivity contribution in [3.8, 4) is 11.1 Å². The Balaban J connectivity index is 2.28. The molecule has 0 fully saturated rings. The fourth-order valence-corrected chi connectivity index (χ4v) is 2.61. The lowest BCUT2D eigenvalue weighted by Gasteiger charge is -2.16. The van der Waals surface area contributed by atoms with Crippen molar-refractivity contribution in [1.29, 1.82) is 0 Å². The second-order valence-corrected chi connectivity index (χ2v) is 5.12. The summed E-state index contributed by atoms with van der Waals surface area (Å²) in [6.45, 7) is 3.69. The average molecular weight is 262 g/mol. The number of aryl methyl sites for hydroxylation is 1. The topological polar surface area (TPSA) is 34.1 Å². The van der Waals surface area contributed by atoms with E-state index in [-0.39, 0.29) is 11.6 Å². The number of hydrogen-bond donors (Lipinski definition) is 0. The van der Waals surface area contributed by atoms with E-state index in [1.165, 1.54) is 6.08 Å². The van der Waals surface area contributed by atoms with Crippen LogP contribution in [0.4, 0.5) is 0 Å². The van der Waals surface area contributed by atoms with Gasteiger partial charge < -0.3 is 0 Å². The van der Waals surface area contributed by atoms with Crippen molar-refractivity contribution < 1.29 is 9.59 Å². The lowest BCUT2D eigenvalue weighted by atomic mass is 9.85. The number of fused-ring (bicyclic) bond motifs is 1. The Kier molecular flexibility index (Phi) is 2.87. The van der Waals surface area contributed by atoms with Gasteiger partial charge in [-0.2, -0.15) is 0 Å². The molecular weight excluding hydrogens is 248 g/mol. The maximum atomic E-state index is 12.3. The van der Waals surface area contributed by atoms with Gasteiger partial charge in [0, 0.05) is 16.7 Å². The van der Waals surface area contributed by atoms with E-state index in [4.69, 9.17) is 0 Å². The molecule has 2 heteroatoms. The van der Waals surface area contributed by atoms with Crippen molar-refractivity contribution >= 4 is 11.6 Å². The van der Waals surface area contributed by atoms with Crippen LogP contribution in [0.3, 0.4) is 0 Å². The Morgan fingerprint density at radius 3 is 2.30 bits per heavy atom. The molecule has 1 aliphatic rings. The van der Waals surface area contributed by atoms with Crippen molar-refractivity contribution in [2.24, 2.45) is 0 Å². The average Bonchev–Trinajstić information content (AvgIpc) is 2.44. The summed E-state index contributed by atoms with van der Waals surface area (Å²) in [6, 6.07) is 13.4. The summed E-state index contributed by atoms with van der Waals surface area (Å²) in [6.07, 6.45) is 1.43. The summed E-state index contributed by atoms with van der Waals surface area (Å²) >= 11 is 0. The highest BCUT2D eigenvalue weighted by Gasteiger charge is 2.25. The Hall–Kier alpha value is -2.48. The van der Waals surface area contributed by atoms with Crippen molar-refractivity contribution in [3.63, 3.8) is 0 Å². The Bertz CT molecular complexity index is 767. The summed E-state index contributed by atoms with van der Waals surface area (Å²) < 4.78 is 0. The molecule has 3 rings (SSSR count). The minimum Gasteiger partial charge on any atom is -0.289 e. The van der Waals surface area contributed by atoms with Gasteiger partial charge >= 0.3 is 0 Å². The maximum absolute atomic E-state index is 12.3. The number of carbonyl (C=O) groups excluding carboxylic acids is 2. The molecular formula is C18H14O2. The number of hydrogen-bond acceptors (Lipinski definition) is 2. The van der Waals surface area contributed by atoms with E-state index in [0.717, 1.165) is 16.7 Å². The molecule has 0 aromatic heterocycles. The SMILES string of the molecule is CC1=CC(=O)c2c(cccc2-c2cccc(C)c2)C1=O. The van der Waals surface area contributed by atoms with E-state index >= 15 is 0 Å². The predicted molar refractivity (Wildman–Crippen MR) is 79.0 cm³/mol. The highest BCUT2D eigenvalue weighted by molar-refractivity contribution is 6.26. The van der Waals surface area contributed by atoms with Crippen LogP contribution >= 0.6 is 0 Å². The van der Waals surface area contributed by atoms with Gasteiger partial charge in [-0.1, -0.05) is 48.0 Å². The van der Waals surface area contributed by atoms with Gasteiger partial charge in [0.1, 0.15) is 0 Å². The van der Waals surface area contributed by atoms with Crippen LogP contribution in [0.2, 0.25) is 0 Å². The van der Waals surface area contributed by atoms with E-state index in [9.17, 15) is 9.59 Å². The number of Topliss-reactive ketones (excluding diaryl/α,β-unsaturated/α-hetero) is 1. The van der Waals surface area contributed by atoms with Crippen LogP contribution in [0, 0.1) is 6.92 Å². The normalized spacial score (nSPS) is 14.0. The lowest BCUT2D eigenvalue weighted by molar-refractivity contribution is 0.0985. The molecule has 20 heavy (non-hydrogen) atoms. The molecule has 0 radical (unpaired) electrons. The maximum Gasteiger partial charge on any atom is 0.189 e. The quantitative estimate of drug-likeness (QED) is 0.778. The molecule has 2 nitrogen and oxygen atoms in total. The van der Waals surface area contributed by atoms with Crippen molar-refractivity contribution in [2.75, 3.05) is 0 Å². The number of ketones is 2. The van der Waals surface area contributed by atoms with E-state index in [2.05, 4.69) is 0 Å². The van der Waals surface area contributed by atoms with Gasteiger partial charge in [-0.25, -0.2) is 0 Å².